The lowest BCUT2D eigenvalue weighted by Gasteiger charge is -2.15. The fourth-order valence-electron chi connectivity index (χ4n) is 3.68. The summed E-state index contributed by atoms with van der Waals surface area (Å²) in [6, 6.07) is 26.0. The van der Waals surface area contributed by atoms with Gasteiger partial charge in [-0.1, -0.05) is 51.3 Å². The van der Waals surface area contributed by atoms with E-state index in [9.17, 15) is 4.79 Å². The molecule has 1 fully saturated rings. The molecule has 39 heavy (non-hydrogen) atoms. The number of hydrogen-bond donors (Lipinski definition) is 0. The highest BCUT2D eigenvalue weighted by atomic mass is 79.9. The largest absolute Gasteiger partial charge is 0.487 e. The number of anilines is 1. The number of ether oxygens (including phenoxy) is 1. The molecular weight excluding hydrogens is 751 g/mol. The van der Waals surface area contributed by atoms with E-state index >= 15 is 0 Å². The van der Waals surface area contributed by atoms with E-state index < -0.39 is 0 Å². The first-order chi connectivity index (χ1) is 18.8. The van der Waals surface area contributed by atoms with E-state index in [1.54, 1.807) is 41.3 Å². The number of hydrogen-bond acceptors (Lipinski definition) is 4. The molecule has 1 saturated heterocycles. The van der Waals surface area contributed by atoms with Crippen LogP contribution in [0.2, 0.25) is 10.0 Å². The van der Waals surface area contributed by atoms with Gasteiger partial charge in [-0.15, -0.1) is 0 Å². The number of aliphatic imine (C=N–C) groups is 1. The smallest absolute Gasteiger partial charge is 0.271 e. The van der Waals surface area contributed by atoms with Gasteiger partial charge in [0, 0.05) is 14.5 Å². The number of amides is 1. The Morgan fingerprint density at radius 3 is 2.05 bits per heavy atom. The van der Waals surface area contributed by atoms with E-state index in [1.165, 1.54) is 11.8 Å². The van der Waals surface area contributed by atoms with E-state index in [1.807, 2.05) is 54.6 Å². The number of halogens is 5. The van der Waals surface area contributed by atoms with Gasteiger partial charge in [0.1, 0.15) is 12.4 Å². The Balaban J connectivity index is 1.44. The van der Waals surface area contributed by atoms with Crippen LogP contribution in [0.25, 0.3) is 6.08 Å². The van der Waals surface area contributed by atoms with Gasteiger partial charge < -0.3 is 4.74 Å². The van der Waals surface area contributed by atoms with Crippen LogP contribution in [-0.2, 0) is 11.4 Å². The number of carbonyl (C=O) groups is 1. The van der Waals surface area contributed by atoms with Crippen molar-refractivity contribution in [1.29, 1.82) is 0 Å². The summed E-state index contributed by atoms with van der Waals surface area (Å²) in [4.78, 5) is 20.5. The van der Waals surface area contributed by atoms with Gasteiger partial charge in [-0.05, 0) is 134 Å². The molecule has 0 saturated carbocycles. The standard InChI is InChI=1S/C29H17Br3Cl2N2O2S/c30-19-3-1-17(2-4-19)16-38-27-24(31)13-18(14-25(27)32)15-26-28(37)36(23-11-7-21(34)8-12-23)29(39-26)35-22-9-5-20(33)6-10-22/h1-15H,16H2/b26-15-,35-29?. The average Bonchev–Trinajstić information content (AvgIpc) is 3.20. The Hall–Kier alpha value is -2.07. The molecule has 0 aromatic heterocycles. The van der Waals surface area contributed by atoms with Crippen LogP contribution in [0.1, 0.15) is 11.1 Å². The summed E-state index contributed by atoms with van der Waals surface area (Å²) in [7, 11) is 0. The average molecular weight is 768 g/mol. The molecule has 5 rings (SSSR count). The van der Waals surface area contributed by atoms with Crippen molar-refractivity contribution in [1.82, 2.24) is 0 Å². The van der Waals surface area contributed by atoms with Gasteiger partial charge in [-0.2, -0.15) is 0 Å². The van der Waals surface area contributed by atoms with Crippen molar-refractivity contribution in [2.75, 3.05) is 4.90 Å². The van der Waals surface area contributed by atoms with Crippen molar-refractivity contribution >= 4 is 111 Å². The highest BCUT2D eigenvalue weighted by Crippen LogP contribution is 2.40. The number of nitrogens with zero attached hydrogens (tertiary/aromatic N) is 2. The van der Waals surface area contributed by atoms with Crippen molar-refractivity contribution < 1.29 is 9.53 Å². The number of benzene rings is 4. The first kappa shape index (κ1) is 28.5. The predicted octanol–water partition coefficient (Wildman–Crippen LogP) is 10.7. The van der Waals surface area contributed by atoms with Crippen molar-refractivity contribution in [3.8, 4) is 5.75 Å². The minimum Gasteiger partial charge on any atom is -0.487 e. The molecule has 1 heterocycles. The quantitative estimate of drug-likeness (QED) is 0.184. The molecule has 0 spiro atoms. The van der Waals surface area contributed by atoms with Crippen LogP contribution in [0.3, 0.4) is 0 Å². The SMILES string of the molecule is O=C1/C(=C/c2cc(Br)c(OCc3ccc(Br)cc3)c(Br)c2)SC(=Nc2ccc(Cl)cc2)N1c1ccc(Cl)cc1. The Morgan fingerprint density at radius 1 is 0.846 bits per heavy atom. The highest BCUT2D eigenvalue weighted by Gasteiger charge is 2.35. The first-order valence-electron chi connectivity index (χ1n) is 11.5. The second-order valence-corrected chi connectivity index (χ2v) is 12.8. The third-order valence-electron chi connectivity index (χ3n) is 5.56. The van der Waals surface area contributed by atoms with Crippen molar-refractivity contribution in [3.63, 3.8) is 0 Å². The Kier molecular flexibility index (Phi) is 9.21. The van der Waals surface area contributed by atoms with Gasteiger partial charge in [-0.25, -0.2) is 4.99 Å². The lowest BCUT2D eigenvalue weighted by Crippen LogP contribution is -2.28. The van der Waals surface area contributed by atoms with Gasteiger partial charge in [0.15, 0.2) is 5.17 Å². The van der Waals surface area contributed by atoms with Gasteiger partial charge >= 0.3 is 0 Å². The zero-order valence-electron chi connectivity index (χ0n) is 19.9. The van der Waals surface area contributed by atoms with Crippen LogP contribution < -0.4 is 9.64 Å². The van der Waals surface area contributed by atoms with Crippen molar-refractivity contribution in [3.05, 3.63) is 124 Å². The Bertz CT molecular complexity index is 1570. The Morgan fingerprint density at radius 2 is 1.44 bits per heavy atom. The molecule has 1 aliphatic heterocycles. The number of amidine groups is 1. The summed E-state index contributed by atoms with van der Waals surface area (Å²) in [5.41, 5.74) is 3.23. The molecule has 0 radical (unpaired) electrons. The fourth-order valence-corrected chi connectivity index (χ4v) is 6.65. The number of thioether (sulfide) groups is 1. The fraction of sp³-hybridized carbons (Fsp3) is 0.0345. The summed E-state index contributed by atoms with van der Waals surface area (Å²) in [6.45, 7) is 0.416. The van der Waals surface area contributed by atoms with Crippen LogP contribution in [0.5, 0.6) is 5.75 Å². The third kappa shape index (κ3) is 6.99. The van der Waals surface area contributed by atoms with Crippen molar-refractivity contribution in [2.24, 2.45) is 4.99 Å². The molecule has 4 nitrogen and oxygen atoms in total. The highest BCUT2D eigenvalue weighted by molar-refractivity contribution is 9.11. The maximum atomic E-state index is 13.6. The predicted molar refractivity (Wildman–Crippen MR) is 173 cm³/mol. The van der Waals surface area contributed by atoms with E-state index in [0.29, 0.717) is 43.8 Å². The molecule has 4 aromatic carbocycles. The maximum Gasteiger partial charge on any atom is 0.271 e. The van der Waals surface area contributed by atoms with Crippen LogP contribution in [0, 0.1) is 0 Å². The van der Waals surface area contributed by atoms with Gasteiger partial charge in [0.05, 0.1) is 25.2 Å². The van der Waals surface area contributed by atoms with Gasteiger partial charge in [0.25, 0.3) is 5.91 Å². The maximum absolute atomic E-state index is 13.6. The van der Waals surface area contributed by atoms with Crippen molar-refractivity contribution in [2.45, 2.75) is 6.61 Å². The van der Waals surface area contributed by atoms with E-state index in [4.69, 9.17) is 32.9 Å². The molecule has 0 unspecified atom stereocenters. The molecule has 0 atom stereocenters. The zero-order valence-corrected chi connectivity index (χ0v) is 27.0. The normalized spacial score (nSPS) is 15.4. The molecule has 4 aromatic rings. The summed E-state index contributed by atoms with van der Waals surface area (Å²) in [5, 5.41) is 1.73. The first-order valence-corrected chi connectivity index (χ1v) is 15.4. The summed E-state index contributed by atoms with van der Waals surface area (Å²) in [6.07, 6.45) is 1.84. The molecule has 0 N–H and O–H groups in total. The summed E-state index contributed by atoms with van der Waals surface area (Å²) >= 11 is 24.1. The van der Waals surface area contributed by atoms with Gasteiger partial charge in [0.2, 0.25) is 0 Å². The molecule has 1 amide bonds. The zero-order chi connectivity index (χ0) is 27.5. The molecule has 0 aliphatic carbocycles. The molecule has 1 aliphatic rings. The lowest BCUT2D eigenvalue weighted by atomic mass is 10.2. The second kappa shape index (κ2) is 12.6. The molecule has 10 heteroatoms. The van der Waals surface area contributed by atoms with E-state index in [0.717, 1.165) is 24.5 Å². The summed E-state index contributed by atoms with van der Waals surface area (Å²) < 4.78 is 8.61. The minimum atomic E-state index is -0.183. The summed E-state index contributed by atoms with van der Waals surface area (Å²) in [5.74, 6) is 0.496. The van der Waals surface area contributed by atoms with Crippen LogP contribution in [0.15, 0.2) is 108 Å². The van der Waals surface area contributed by atoms with E-state index in [-0.39, 0.29) is 5.91 Å². The van der Waals surface area contributed by atoms with E-state index in [2.05, 4.69) is 47.8 Å². The Labute approximate surface area is 265 Å². The third-order valence-corrected chi connectivity index (χ3v) is 8.74. The lowest BCUT2D eigenvalue weighted by molar-refractivity contribution is -0.113. The number of rotatable bonds is 6. The van der Waals surface area contributed by atoms with Gasteiger partial charge in [-0.3, -0.25) is 9.69 Å². The van der Waals surface area contributed by atoms with Crippen LogP contribution in [0.4, 0.5) is 11.4 Å². The topological polar surface area (TPSA) is 41.9 Å². The molecular formula is C29H17Br3Cl2N2O2S. The minimum absolute atomic E-state index is 0.183. The molecule has 0 bridgehead atoms. The second-order valence-electron chi connectivity index (χ2n) is 8.33. The monoisotopic (exact) mass is 764 g/mol. The molecule has 196 valence electrons. The number of carbonyl (C=O) groups excluding carboxylic acids is 1. The van der Waals surface area contributed by atoms with Crippen LogP contribution in [-0.4, -0.2) is 11.1 Å². The van der Waals surface area contributed by atoms with Crippen LogP contribution >= 0.6 is 82.8 Å².